The molecule has 4 rings (SSSR count). The molecule has 3 atom stereocenters. The third kappa shape index (κ3) is 1.43. The number of aryl methyl sites for hydroxylation is 1. The smallest absolute Gasteiger partial charge is 0.226 e. The van der Waals surface area contributed by atoms with Crippen molar-refractivity contribution in [3.63, 3.8) is 0 Å². The minimum absolute atomic E-state index is 0.147. The van der Waals surface area contributed by atoms with E-state index in [1.54, 1.807) is 0 Å². The number of amides is 1. The van der Waals surface area contributed by atoms with Crippen molar-refractivity contribution in [3.05, 3.63) is 35.0 Å². The van der Waals surface area contributed by atoms with E-state index in [0.717, 1.165) is 36.2 Å². The van der Waals surface area contributed by atoms with Crippen molar-refractivity contribution in [2.45, 2.75) is 37.6 Å². The lowest BCUT2D eigenvalue weighted by Crippen LogP contribution is -2.49. The fourth-order valence-electron chi connectivity index (χ4n) is 4.24. The topological polar surface area (TPSA) is 70.9 Å². The Balaban J connectivity index is 2.06. The van der Waals surface area contributed by atoms with E-state index in [0.29, 0.717) is 5.92 Å². The maximum Gasteiger partial charge on any atom is 0.226 e. The molecule has 0 bridgehead atoms. The van der Waals surface area contributed by atoms with Crippen LogP contribution < -0.4 is 11.1 Å². The highest BCUT2D eigenvalue weighted by Crippen LogP contribution is 2.47. The van der Waals surface area contributed by atoms with Gasteiger partial charge in [0.15, 0.2) is 0 Å². The first-order chi connectivity index (χ1) is 9.68. The van der Waals surface area contributed by atoms with Crippen molar-refractivity contribution >= 4 is 16.8 Å². The highest BCUT2D eigenvalue weighted by Gasteiger charge is 2.43. The molecule has 1 fully saturated rings. The van der Waals surface area contributed by atoms with Crippen LogP contribution in [-0.4, -0.2) is 23.5 Å². The van der Waals surface area contributed by atoms with Gasteiger partial charge < -0.3 is 16.0 Å². The van der Waals surface area contributed by atoms with Gasteiger partial charge in [0.2, 0.25) is 5.91 Å². The summed E-state index contributed by atoms with van der Waals surface area (Å²) in [5.41, 5.74) is 10.4. The van der Waals surface area contributed by atoms with Gasteiger partial charge in [0.1, 0.15) is 0 Å². The lowest BCUT2D eigenvalue weighted by molar-refractivity contribution is -0.120. The molecular weight excluding hydrogens is 250 g/mol. The zero-order valence-corrected chi connectivity index (χ0v) is 11.6. The van der Waals surface area contributed by atoms with Crippen molar-refractivity contribution in [2.75, 3.05) is 6.54 Å². The number of carbonyl (C=O) groups excluding carboxylic acids is 1. The molecule has 0 radical (unpaired) electrons. The number of hydrogen-bond acceptors (Lipinski definition) is 2. The molecule has 2 unspecified atom stereocenters. The van der Waals surface area contributed by atoms with E-state index in [1.165, 1.54) is 10.9 Å². The molecule has 1 amide bonds. The molecule has 2 aromatic rings. The van der Waals surface area contributed by atoms with E-state index in [1.807, 2.05) is 6.92 Å². The Bertz CT molecular complexity index is 703. The molecule has 2 heterocycles. The van der Waals surface area contributed by atoms with Crippen LogP contribution in [0.1, 0.15) is 41.5 Å². The Morgan fingerprint density at radius 3 is 3.05 bits per heavy atom. The zero-order chi connectivity index (χ0) is 13.9. The Labute approximate surface area is 117 Å². The van der Waals surface area contributed by atoms with Gasteiger partial charge in [-0.3, -0.25) is 4.79 Å². The average molecular weight is 269 g/mol. The van der Waals surface area contributed by atoms with Crippen LogP contribution in [0.3, 0.4) is 0 Å². The number of carbonyl (C=O) groups is 1. The second-order valence-electron chi connectivity index (χ2n) is 6.04. The van der Waals surface area contributed by atoms with Gasteiger partial charge in [-0.05, 0) is 43.5 Å². The van der Waals surface area contributed by atoms with E-state index < -0.39 is 0 Å². The molecule has 104 valence electrons. The first-order valence-electron chi connectivity index (χ1n) is 7.32. The summed E-state index contributed by atoms with van der Waals surface area (Å²) in [7, 11) is 0. The summed E-state index contributed by atoms with van der Waals surface area (Å²) >= 11 is 0. The maximum atomic E-state index is 12.1. The van der Waals surface area contributed by atoms with Crippen molar-refractivity contribution in [1.82, 2.24) is 10.3 Å². The maximum absolute atomic E-state index is 12.1. The van der Waals surface area contributed by atoms with Crippen molar-refractivity contribution in [3.8, 4) is 0 Å². The number of nitrogens with two attached hydrogens (primary N) is 1. The van der Waals surface area contributed by atoms with E-state index in [4.69, 9.17) is 5.73 Å². The molecule has 20 heavy (non-hydrogen) atoms. The molecule has 0 saturated carbocycles. The van der Waals surface area contributed by atoms with E-state index in [2.05, 4.69) is 28.5 Å². The molecule has 2 aliphatic rings. The molecule has 1 saturated heterocycles. The van der Waals surface area contributed by atoms with Crippen LogP contribution in [0.25, 0.3) is 10.9 Å². The number of rotatable bonds is 1. The van der Waals surface area contributed by atoms with Crippen molar-refractivity contribution in [1.29, 1.82) is 0 Å². The summed E-state index contributed by atoms with van der Waals surface area (Å²) in [6.07, 6.45) is 2.28. The molecule has 4 nitrogen and oxygen atoms in total. The lowest BCUT2D eigenvalue weighted by atomic mass is 9.69. The Morgan fingerprint density at radius 2 is 2.25 bits per heavy atom. The van der Waals surface area contributed by atoms with Crippen LogP contribution in [-0.2, 0) is 4.79 Å². The van der Waals surface area contributed by atoms with Crippen LogP contribution in [0.2, 0.25) is 0 Å². The van der Waals surface area contributed by atoms with E-state index in [9.17, 15) is 4.79 Å². The lowest BCUT2D eigenvalue weighted by Gasteiger charge is -2.41. The average Bonchev–Trinajstić information content (AvgIpc) is 2.77. The Morgan fingerprint density at radius 1 is 1.40 bits per heavy atom. The Kier molecular flexibility index (Phi) is 2.45. The molecule has 4 heteroatoms. The summed E-state index contributed by atoms with van der Waals surface area (Å²) in [4.78, 5) is 15.5. The van der Waals surface area contributed by atoms with Crippen LogP contribution in [0.5, 0.6) is 0 Å². The van der Waals surface area contributed by atoms with Crippen LogP contribution in [0.4, 0.5) is 0 Å². The van der Waals surface area contributed by atoms with Gasteiger partial charge in [0.05, 0.1) is 5.92 Å². The number of hydrogen-bond donors (Lipinski definition) is 3. The zero-order valence-electron chi connectivity index (χ0n) is 11.6. The fraction of sp³-hybridized carbons (Fsp3) is 0.438. The molecule has 1 aliphatic heterocycles. The highest BCUT2D eigenvalue weighted by molar-refractivity contribution is 5.97. The van der Waals surface area contributed by atoms with Gasteiger partial charge in [-0.1, -0.05) is 12.1 Å². The van der Waals surface area contributed by atoms with Crippen LogP contribution >= 0.6 is 0 Å². The number of primary amides is 1. The molecular formula is C16H19N3O. The quantitative estimate of drug-likeness (QED) is 0.740. The van der Waals surface area contributed by atoms with Gasteiger partial charge in [0, 0.05) is 28.6 Å². The minimum atomic E-state index is -0.219. The van der Waals surface area contributed by atoms with Gasteiger partial charge >= 0.3 is 0 Å². The summed E-state index contributed by atoms with van der Waals surface area (Å²) in [5.74, 6) is -0.0375. The predicted octanol–water partition coefficient (Wildman–Crippen LogP) is 1.89. The molecule has 1 aromatic heterocycles. The first-order valence-corrected chi connectivity index (χ1v) is 7.32. The third-order valence-electron chi connectivity index (χ3n) is 4.97. The standard InChI is InChI=1S/C16H19N3O/c1-8-12-13-9(4-2-6-11(13)19-8)10-5-3-7-18-15(10)14(12)16(17)20/h2,4,6,10,14-15,18-19H,3,5,7H2,1H3,(H2,17,20)/t10?,14?,15-/m0/s1. The van der Waals surface area contributed by atoms with Gasteiger partial charge in [0.25, 0.3) is 0 Å². The van der Waals surface area contributed by atoms with E-state index >= 15 is 0 Å². The number of aromatic amines is 1. The van der Waals surface area contributed by atoms with Gasteiger partial charge in [-0.15, -0.1) is 0 Å². The summed E-state index contributed by atoms with van der Waals surface area (Å²) in [5, 5.41) is 4.77. The number of piperidine rings is 1. The predicted molar refractivity (Wildman–Crippen MR) is 78.7 cm³/mol. The summed E-state index contributed by atoms with van der Waals surface area (Å²) in [6.45, 7) is 3.01. The first kappa shape index (κ1) is 12.0. The number of H-pyrrole nitrogens is 1. The molecule has 4 N–H and O–H groups in total. The third-order valence-corrected chi connectivity index (χ3v) is 4.97. The summed E-state index contributed by atoms with van der Waals surface area (Å²) < 4.78 is 0. The number of benzene rings is 1. The molecule has 1 aliphatic carbocycles. The number of nitrogens with one attached hydrogen (secondary N) is 2. The number of fused-ring (bicyclic) bond motifs is 2. The SMILES string of the molecule is Cc1[nH]c2cccc3c2c1C(C(N)=O)[C@H]1NCCCC31. The van der Waals surface area contributed by atoms with Crippen LogP contribution in [0, 0.1) is 6.92 Å². The highest BCUT2D eigenvalue weighted by atomic mass is 16.1. The van der Waals surface area contributed by atoms with Crippen molar-refractivity contribution < 1.29 is 4.79 Å². The van der Waals surface area contributed by atoms with E-state index in [-0.39, 0.29) is 17.9 Å². The monoisotopic (exact) mass is 269 g/mol. The molecule has 1 aromatic carbocycles. The Hall–Kier alpha value is -1.81. The fourth-order valence-corrected chi connectivity index (χ4v) is 4.24. The number of aromatic nitrogens is 1. The minimum Gasteiger partial charge on any atom is -0.369 e. The second-order valence-corrected chi connectivity index (χ2v) is 6.04. The normalized spacial score (nSPS) is 28.4. The van der Waals surface area contributed by atoms with Gasteiger partial charge in [-0.2, -0.15) is 0 Å². The summed E-state index contributed by atoms with van der Waals surface area (Å²) in [6, 6.07) is 6.55. The second kappa shape index (κ2) is 4.09. The van der Waals surface area contributed by atoms with Crippen molar-refractivity contribution in [2.24, 2.45) is 5.73 Å². The van der Waals surface area contributed by atoms with Crippen LogP contribution in [0.15, 0.2) is 18.2 Å². The molecule has 0 spiro atoms. The largest absolute Gasteiger partial charge is 0.369 e. The van der Waals surface area contributed by atoms with Gasteiger partial charge in [-0.25, -0.2) is 0 Å².